The molecule has 0 saturated carbocycles. The predicted molar refractivity (Wildman–Crippen MR) is 132 cm³/mol. The number of carboxylic acids is 1. The number of aromatic amines is 1. The lowest BCUT2D eigenvalue weighted by molar-refractivity contribution is -0.139. The van der Waals surface area contributed by atoms with Gasteiger partial charge in [0.1, 0.15) is 18.6 Å². The van der Waals surface area contributed by atoms with Crippen molar-refractivity contribution in [2.75, 3.05) is 13.1 Å². The summed E-state index contributed by atoms with van der Waals surface area (Å²) in [5, 5.41) is 17.4. The Balaban J connectivity index is 2.07. The first-order valence-electron chi connectivity index (χ1n) is 11.7. The van der Waals surface area contributed by atoms with Gasteiger partial charge in [-0.15, -0.1) is 0 Å². The molecule has 0 aliphatic heterocycles. The normalized spacial score (nSPS) is 13.7. The third-order valence-electron chi connectivity index (χ3n) is 5.69. The third kappa shape index (κ3) is 8.37. The molecule has 0 saturated heterocycles. The standard InChI is InChI=1S/C24H36N6O5/c1-14(2)21(24(35)28-13-20(31)32)30-23(34)19(9-5-6-10-25)29-22(33)17(26)11-15-12-27-18-8-4-3-7-16(15)18/h3-4,7-8,12,14,17,19,21,27H,5-6,9-11,13,25-26H2,1-2H3,(H,28,35)(H,29,33)(H,30,34)(H,31,32). The molecule has 2 aromatic rings. The summed E-state index contributed by atoms with van der Waals surface area (Å²) in [7, 11) is 0. The molecule has 0 fully saturated rings. The van der Waals surface area contributed by atoms with Crippen LogP contribution >= 0.6 is 0 Å². The Morgan fingerprint density at radius 3 is 2.40 bits per heavy atom. The van der Waals surface area contributed by atoms with Crippen molar-refractivity contribution in [3.8, 4) is 0 Å². The fourth-order valence-corrected chi connectivity index (χ4v) is 3.73. The molecule has 2 rings (SSSR count). The van der Waals surface area contributed by atoms with E-state index in [-0.39, 0.29) is 12.3 Å². The van der Waals surface area contributed by atoms with Crippen LogP contribution in [0.3, 0.4) is 0 Å². The molecule has 3 amide bonds. The van der Waals surface area contributed by atoms with Gasteiger partial charge in [0.05, 0.1) is 6.04 Å². The Kier molecular flexibility index (Phi) is 10.7. The molecule has 192 valence electrons. The molecule has 1 aromatic heterocycles. The first-order chi connectivity index (χ1) is 16.6. The van der Waals surface area contributed by atoms with Crippen LogP contribution in [0, 0.1) is 5.92 Å². The van der Waals surface area contributed by atoms with E-state index in [1.54, 1.807) is 13.8 Å². The van der Waals surface area contributed by atoms with E-state index in [9.17, 15) is 19.2 Å². The molecule has 1 aromatic carbocycles. The quantitative estimate of drug-likeness (QED) is 0.182. The van der Waals surface area contributed by atoms with Gasteiger partial charge in [-0.25, -0.2) is 0 Å². The minimum Gasteiger partial charge on any atom is -0.480 e. The number of para-hydroxylation sites is 1. The van der Waals surface area contributed by atoms with E-state index < -0.39 is 48.4 Å². The maximum Gasteiger partial charge on any atom is 0.322 e. The SMILES string of the molecule is CC(C)C(NC(=O)C(CCCCN)NC(=O)C(N)Cc1c[nH]c2ccccc12)C(=O)NCC(=O)O. The number of hydrogen-bond donors (Lipinski definition) is 7. The fourth-order valence-electron chi connectivity index (χ4n) is 3.73. The molecule has 9 N–H and O–H groups in total. The number of carbonyl (C=O) groups excluding carboxylic acids is 3. The lowest BCUT2D eigenvalue weighted by atomic mass is 10.0. The summed E-state index contributed by atoms with van der Waals surface area (Å²) in [6.07, 6.45) is 3.65. The molecular weight excluding hydrogens is 452 g/mol. The number of aliphatic carboxylic acids is 1. The number of benzene rings is 1. The van der Waals surface area contributed by atoms with Gasteiger partial charge in [-0.05, 0) is 49.8 Å². The van der Waals surface area contributed by atoms with Crippen LogP contribution in [-0.2, 0) is 25.6 Å². The Bertz CT molecular complexity index is 1020. The van der Waals surface area contributed by atoms with Crippen molar-refractivity contribution in [3.05, 3.63) is 36.0 Å². The topological polar surface area (TPSA) is 192 Å². The van der Waals surface area contributed by atoms with Crippen molar-refractivity contribution >= 4 is 34.6 Å². The van der Waals surface area contributed by atoms with E-state index >= 15 is 0 Å². The molecule has 0 aliphatic carbocycles. The van der Waals surface area contributed by atoms with E-state index in [4.69, 9.17) is 16.6 Å². The van der Waals surface area contributed by atoms with Gasteiger partial charge >= 0.3 is 5.97 Å². The summed E-state index contributed by atoms with van der Waals surface area (Å²) in [6.45, 7) is 3.33. The lowest BCUT2D eigenvalue weighted by Gasteiger charge is -2.26. The van der Waals surface area contributed by atoms with E-state index in [1.165, 1.54) is 0 Å². The number of nitrogens with two attached hydrogens (primary N) is 2. The molecule has 0 spiro atoms. The van der Waals surface area contributed by atoms with Gasteiger partial charge in [-0.1, -0.05) is 32.0 Å². The zero-order valence-corrected chi connectivity index (χ0v) is 20.2. The van der Waals surface area contributed by atoms with Crippen LogP contribution in [0.4, 0.5) is 0 Å². The molecule has 1 heterocycles. The van der Waals surface area contributed by atoms with Crippen molar-refractivity contribution in [2.24, 2.45) is 17.4 Å². The van der Waals surface area contributed by atoms with Crippen LogP contribution in [0.5, 0.6) is 0 Å². The molecular formula is C24H36N6O5. The number of unbranched alkanes of at least 4 members (excludes halogenated alkanes) is 1. The first kappa shape index (κ1) is 27.8. The van der Waals surface area contributed by atoms with Gasteiger partial charge in [0.25, 0.3) is 0 Å². The predicted octanol–water partition coefficient (Wildman–Crippen LogP) is -0.00690. The van der Waals surface area contributed by atoms with Gasteiger partial charge < -0.3 is 37.5 Å². The third-order valence-corrected chi connectivity index (χ3v) is 5.69. The maximum atomic E-state index is 13.0. The molecule has 0 aliphatic rings. The Morgan fingerprint density at radius 2 is 1.74 bits per heavy atom. The minimum atomic E-state index is -1.19. The molecule has 0 bridgehead atoms. The highest BCUT2D eigenvalue weighted by atomic mass is 16.4. The van der Waals surface area contributed by atoms with E-state index in [1.807, 2.05) is 30.5 Å². The van der Waals surface area contributed by atoms with Crippen LogP contribution in [-0.4, -0.2) is 65.0 Å². The second-order valence-corrected chi connectivity index (χ2v) is 8.86. The van der Waals surface area contributed by atoms with E-state index in [2.05, 4.69) is 20.9 Å². The van der Waals surface area contributed by atoms with Gasteiger partial charge in [0, 0.05) is 17.1 Å². The van der Waals surface area contributed by atoms with Crippen LogP contribution in [0.25, 0.3) is 10.9 Å². The van der Waals surface area contributed by atoms with E-state index in [0.717, 1.165) is 16.5 Å². The molecule has 0 radical (unpaired) electrons. The Labute approximate surface area is 204 Å². The van der Waals surface area contributed by atoms with Gasteiger partial charge in [0.15, 0.2) is 0 Å². The summed E-state index contributed by atoms with van der Waals surface area (Å²) in [5.74, 6) is -3.14. The van der Waals surface area contributed by atoms with Gasteiger partial charge in [-0.2, -0.15) is 0 Å². The van der Waals surface area contributed by atoms with Crippen molar-refractivity contribution in [1.82, 2.24) is 20.9 Å². The number of aromatic nitrogens is 1. The van der Waals surface area contributed by atoms with Crippen LogP contribution < -0.4 is 27.4 Å². The highest BCUT2D eigenvalue weighted by Crippen LogP contribution is 2.19. The summed E-state index contributed by atoms with van der Waals surface area (Å²) >= 11 is 0. The van der Waals surface area contributed by atoms with Crippen molar-refractivity contribution in [2.45, 2.75) is 57.7 Å². The monoisotopic (exact) mass is 488 g/mol. The number of nitrogens with one attached hydrogen (secondary N) is 4. The molecule has 3 atom stereocenters. The van der Waals surface area contributed by atoms with Gasteiger partial charge in [0.2, 0.25) is 17.7 Å². The smallest absolute Gasteiger partial charge is 0.322 e. The van der Waals surface area contributed by atoms with Crippen LogP contribution in [0.15, 0.2) is 30.5 Å². The Hall–Kier alpha value is -3.44. The molecule has 11 heteroatoms. The number of hydrogen-bond acceptors (Lipinski definition) is 6. The highest BCUT2D eigenvalue weighted by Gasteiger charge is 2.30. The zero-order chi connectivity index (χ0) is 26.0. The second kappa shape index (κ2) is 13.4. The summed E-state index contributed by atoms with van der Waals surface area (Å²) in [5.41, 5.74) is 13.6. The van der Waals surface area contributed by atoms with Gasteiger partial charge in [-0.3, -0.25) is 19.2 Å². The number of fused-ring (bicyclic) bond motifs is 1. The average molecular weight is 489 g/mol. The number of rotatable bonds is 14. The van der Waals surface area contributed by atoms with Crippen molar-refractivity contribution in [1.29, 1.82) is 0 Å². The average Bonchev–Trinajstić information content (AvgIpc) is 3.22. The summed E-state index contributed by atoms with van der Waals surface area (Å²) in [4.78, 5) is 52.3. The van der Waals surface area contributed by atoms with Crippen molar-refractivity contribution in [3.63, 3.8) is 0 Å². The molecule has 11 nitrogen and oxygen atoms in total. The van der Waals surface area contributed by atoms with Crippen molar-refractivity contribution < 1.29 is 24.3 Å². The number of H-pyrrole nitrogens is 1. The van der Waals surface area contributed by atoms with Crippen LogP contribution in [0.1, 0.15) is 38.7 Å². The summed E-state index contributed by atoms with van der Waals surface area (Å²) in [6, 6.07) is 4.91. The van der Waals surface area contributed by atoms with Crippen LogP contribution in [0.2, 0.25) is 0 Å². The number of carbonyl (C=O) groups is 4. The fraction of sp³-hybridized carbons (Fsp3) is 0.500. The second-order valence-electron chi connectivity index (χ2n) is 8.86. The molecule has 35 heavy (non-hydrogen) atoms. The largest absolute Gasteiger partial charge is 0.480 e. The number of amides is 3. The highest BCUT2D eigenvalue weighted by molar-refractivity contribution is 5.94. The Morgan fingerprint density at radius 1 is 1.03 bits per heavy atom. The maximum absolute atomic E-state index is 13.0. The van der Waals surface area contributed by atoms with E-state index in [0.29, 0.717) is 25.8 Å². The first-order valence-corrected chi connectivity index (χ1v) is 11.7. The molecule has 3 unspecified atom stereocenters. The summed E-state index contributed by atoms with van der Waals surface area (Å²) < 4.78 is 0. The lowest BCUT2D eigenvalue weighted by Crippen LogP contribution is -2.57. The zero-order valence-electron chi connectivity index (χ0n) is 20.2. The number of carboxylic acid groups (broad SMARTS) is 1. The minimum absolute atomic E-state index is 0.277.